The lowest BCUT2D eigenvalue weighted by atomic mass is 9.94. The summed E-state index contributed by atoms with van der Waals surface area (Å²) in [6.07, 6.45) is -110. The fraction of sp³-hybridized carbons (Fsp3) is 0.815. The Labute approximate surface area is 791 Å². The fourth-order valence-corrected chi connectivity index (χ4v) is 19.1. The van der Waals surface area contributed by atoms with E-state index in [1.807, 2.05) is 0 Å². The molecule has 8 fully saturated rings. The molecule has 0 radical (unpaired) electrons. The first-order valence-corrected chi connectivity index (χ1v) is 51.6. The number of nitrogens with one attached hydrogen (secondary N) is 4. The minimum absolute atomic E-state index is 0.440. The molecule has 142 heavy (non-hydrogen) atoms. The zero-order chi connectivity index (χ0) is 107. The van der Waals surface area contributed by atoms with E-state index in [4.69, 9.17) is 80.3 Å². The van der Waals surface area contributed by atoms with Crippen LogP contribution in [0.4, 0.5) is 5.69 Å². The Balaban J connectivity index is 1.02. The van der Waals surface area contributed by atoms with Gasteiger partial charge >= 0.3 is 127 Å². The number of nitro benzene ring substituents is 1. The second-order valence-corrected chi connectivity index (χ2v) is 41.2. The van der Waals surface area contributed by atoms with E-state index in [1.165, 1.54) is 9.44 Å². The summed E-state index contributed by atoms with van der Waals surface area (Å²) in [4.78, 5) is 62.8. The van der Waals surface area contributed by atoms with Crippen molar-refractivity contribution in [3.63, 3.8) is 0 Å². The highest BCUT2D eigenvalue weighted by molar-refractivity contribution is 7.85. The third-order valence-corrected chi connectivity index (χ3v) is 25.2. The molecule has 1 aromatic carbocycles. The van der Waals surface area contributed by atoms with Crippen molar-refractivity contribution in [2.24, 2.45) is 0 Å². The van der Waals surface area contributed by atoms with Crippen LogP contribution in [0.3, 0.4) is 0 Å². The molecule has 8 saturated heterocycles. The Morgan fingerprint density at radius 3 is 0.789 bits per heavy atom. The normalized spacial score (nSPS) is 39.0. The molecule has 8 heterocycles. The minimum Gasteiger partial charge on any atom is -0.479 e. The average Bonchev–Trinajstić information content (AvgIpc) is 0.751. The zero-order valence-corrected chi connectivity index (χ0v) is 76.7. The molecule has 820 valence electrons. The first-order valence-electron chi connectivity index (χ1n) is 37.7. The number of carbonyl (C=O) groups is 4. The van der Waals surface area contributed by atoms with Gasteiger partial charge in [0, 0.05) is 12.1 Å². The van der Waals surface area contributed by atoms with Gasteiger partial charge in [0.15, 0.2) is 80.7 Å². The molecule has 0 saturated carbocycles. The highest BCUT2D eigenvalue weighted by Crippen LogP contribution is 2.42. The minimum atomic E-state index is -6.47. The summed E-state index contributed by atoms with van der Waals surface area (Å²) in [5, 5.41) is 181. The van der Waals surface area contributed by atoms with Gasteiger partial charge in [-0.3, -0.25) is 55.6 Å². The van der Waals surface area contributed by atoms with E-state index >= 15 is 0 Å². The van der Waals surface area contributed by atoms with Crippen LogP contribution in [0, 0.1) is 10.1 Å². The van der Waals surface area contributed by atoms with Gasteiger partial charge in [0.05, 0.1) is 31.4 Å². The number of hydrogen-bond acceptors (Lipinski definition) is 59. The smallest absolute Gasteiger partial charge is 0.397 e. The van der Waals surface area contributed by atoms with Gasteiger partial charge in [0.1, 0.15) is 164 Å². The van der Waals surface area contributed by atoms with Crippen LogP contribution < -0.4 is 23.6 Å². The van der Waals surface area contributed by atoms with Crippen molar-refractivity contribution in [2.45, 2.75) is 245 Å². The maximum absolute atomic E-state index is 13.4. The van der Waals surface area contributed by atoms with E-state index in [1.54, 1.807) is 0 Å². The van der Waals surface area contributed by atoms with Gasteiger partial charge in [-0.15, -0.1) is 0 Å². The van der Waals surface area contributed by atoms with E-state index in [0.717, 1.165) is 33.7 Å². The predicted molar refractivity (Wildman–Crippen MR) is 410 cm³/mol. The summed E-state index contributed by atoms with van der Waals surface area (Å²) >= 11 is 0. The molecule has 29 N–H and O–H groups in total. The van der Waals surface area contributed by atoms with Gasteiger partial charge in [-0.25, -0.2) is 44.3 Å². The lowest BCUT2D eigenvalue weighted by molar-refractivity contribution is -0.384. The van der Waals surface area contributed by atoms with Crippen LogP contribution >= 0.6 is 0 Å². The molecule has 0 bridgehead atoms. The van der Waals surface area contributed by atoms with Gasteiger partial charge in [0.2, 0.25) is 6.29 Å². The summed E-state index contributed by atoms with van der Waals surface area (Å²) in [7, 11) is -60.4. The summed E-state index contributed by atoms with van der Waals surface area (Å²) in [6, 6.07) is -8.67. The lowest BCUT2D eigenvalue weighted by Crippen LogP contribution is -2.71. The van der Waals surface area contributed by atoms with Crippen LogP contribution in [0.15, 0.2) is 24.3 Å². The molecule has 1 aromatic rings. The standard InChI is InChI=1S/C54H81N5O73S10/c60-19-11(5-111-137(93,94)95)116-47(15(20(19)61)55-133(81,82)83)123-34-25(66)27(68)52(128-40(34)44(73)74)120-30-12(6-112-138(96,97)98)117-49(16(21(30)62)56-134(84,85)86)125-35-28(69)37(131-141(105,106)107)54(129-41(35)45(75)76)122-32-14(8-114-140(102,103)104)119-50(18(23(32)64)58-136(90,91)92)126-36-29(70)38(132-142(108,109)110)53(130-42(36)46(77)78)121-31-13(7-113-139(99,100)101)118-48(17(22(31)63)57-135(87,88)89)124-33-24(65)26(67)51(127-39(33)43(71)72)115-10-3-1-9(2-4-10)59(79)80/h1-4,11-42,47-58,60-70H,5-8H2,(H,71,72)(H,73,74)(H,75,76)(H,77,78)(H,81,82,83)(H,84,85,86)(H,87,88,89)(H,90,91,92)(H,93,94,95)(H,96,97,98)(H,99,100,101)(H,102,103,104)(H,105,106,107)(H,108,109,110)/t11-,12-,13-,14-,15-,16-,17-,18-,19-,20-,21-,22-,23-,24-,25-,26-,27-,28+,29+,30-,31-,32-,33+,34+,35+,36+,37-,38-,39+,40+,41+,42+,47-,48-,49-,50-,51?,52-,53-,54-/m1/s1. The fourth-order valence-electron chi connectivity index (χ4n) is 14.5. The van der Waals surface area contributed by atoms with Crippen LogP contribution in [0.5, 0.6) is 5.75 Å². The first kappa shape index (κ1) is 119. The number of hydrogen-bond donors (Lipinski definition) is 29. The average molecular weight is 2290 g/mol. The quantitative estimate of drug-likeness (QED) is 0.0164. The maximum atomic E-state index is 13.4. The number of non-ortho nitro benzene ring substituents is 1. The molecule has 1 unspecified atom stereocenters. The number of carboxylic acids is 4. The molecular weight excluding hydrogens is 2210 g/mol. The number of benzene rings is 1. The second-order valence-electron chi connectivity index (χ2n) is 30.0. The number of nitro groups is 1. The molecule has 78 nitrogen and oxygen atoms in total. The highest BCUT2D eigenvalue weighted by Gasteiger charge is 2.65. The van der Waals surface area contributed by atoms with Gasteiger partial charge in [-0.2, -0.15) is 103 Å². The Bertz CT molecular complexity index is 5840. The number of aliphatic carboxylic acids is 4. The van der Waals surface area contributed by atoms with Gasteiger partial charge in [0.25, 0.3) is 5.69 Å². The Morgan fingerprint density at radius 1 is 0.282 bits per heavy atom. The van der Waals surface area contributed by atoms with Crippen LogP contribution in [-0.4, -0.2) is 507 Å². The van der Waals surface area contributed by atoms with Crippen molar-refractivity contribution in [3.8, 4) is 5.75 Å². The number of aliphatic hydroxyl groups excluding tert-OH is 11. The predicted octanol–water partition coefficient (Wildman–Crippen LogP) is -19.5. The number of aliphatic hydroxyl groups is 11. The molecule has 40 atom stereocenters. The van der Waals surface area contributed by atoms with E-state index in [2.05, 4.69) is 25.1 Å². The molecule has 88 heteroatoms. The van der Waals surface area contributed by atoms with Crippen LogP contribution in [0.2, 0.25) is 0 Å². The molecule has 0 aromatic heterocycles. The third kappa shape index (κ3) is 32.5. The SMILES string of the molecule is O=C(O)[C@H]1O[C@@H](O[C@H]2[C@H](O)[C@@H](NS(=O)(=O)O)[C@@H](O[C@H]3[C@H](O)[C@@H](OS(=O)(=O)O)[C@H](O[C@H]4[C@H](O)[C@@H](NS(=O)(=O)O)[C@@H](O[C@H]5[C@H](O)[C@@H](OS(=O)(=O)O)[C@H](O[C@H]6[C@H](O)[C@@H](NS(=O)(=O)O)[C@@H](O[C@H]7[C@H](O)[C@@H](O)C(Oc8ccc([N+](=O)[O-])cc8)O[C@@H]7C(=O)O)O[C@@H]6COS(=O)(=O)O)O[C@@H]5C(=O)O)O[C@@H]4COS(=O)(=O)O)O[C@@H]3C(=O)O)O[C@@H]2COS(=O)(=O)O)[C@H](O)[C@@H](O)[C@@H]1O[C@H]1O[C@H](COS(=O)(=O)O)[C@@H](O)[C@H](O)[C@H]1NS(=O)(=O)O. The van der Waals surface area contributed by atoms with E-state index in [9.17, 15) is 231 Å². The molecule has 0 amide bonds. The number of nitrogens with zero attached hydrogens (tertiary/aromatic N) is 1. The molecule has 0 aliphatic carbocycles. The van der Waals surface area contributed by atoms with Crippen molar-refractivity contribution in [1.82, 2.24) is 18.9 Å². The summed E-state index contributed by atoms with van der Waals surface area (Å²) < 4.78 is 462. The number of rotatable bonds is 45. The Hall–Kier alpha value is -6.04. The number of ether oxygens (including phenoxy) is 16. The maximum Gasteiger partial charge on any atom is 0.397 e. The van der Waals surface area contributed by atoms with Crippen LogP contribution in [-0.2, 0) is 219 Å². The second kappa shape index (κ2) is 46.2. The zero-order valence-electron chi connectivity index (χ0n) is 68.5. The van der Waals surface area contributed by atoms with Gasteiger partial charge < -0.3 is 152 Å². The van der Waals surface area contributed by atoms with Crippen molar-refractivity contribution in [3.05, 3.63) is 34.4 Å². The lowest BCUT2D eigenvalue weighted by Gasteiger charge is -2.50. The van der Waals surface area contributed by atoms with Crippen molar-refractivity contribution in [1.29, 1.82) is 0 Å². The van der Waals surface area contributed by atoms with E-state index in [-0.39, 0.29) is 0 Å². The molecule has 8 aliphatic rings. The van der Waals surface area contributed by atoms with Crippen LogP contribution in [0.1, 0.15) is 0 Å². The Kier molecular flexibility index (Phi) is 38.9. The highest BCUT2D eigenvalue weighted by atomic mass is 32.3. The van der Waals surface area contributed by atoms with Gasteiger partial charge in [-0.1, -0.05) is 0 Å². The van der Waals surface area contributed by atoms with E-state index in [0.29, 0.717) is 0 Å². The summed E-state index contributed by atoms with van der Waals surface area (Å²) in [5.41, 5.74) is -0.554. The van der Waals surface area contributed by atoms with Crippen molar-refractivity contribution >= 4 is 133 Å². The molecular formula is C54H81N5O73S10. The van der Waals surface area contributed by atoms with Gasteiger partial charge in [-0.05, 0) is 12.1 Å². The summed E-state index contributed by atoms with van der Waals surface area (Å²) in [6.45, 7) is -7.60. The summed E-state index contributed by atoms with van der Waals surface area (Å²) in [5.74, 6) is -10.4. The largest absolute Gasteiger partial charge is 0.479 e. The molecule has 9 rings (SSSR count). The topological polar surface area (TPSA) is 1210 Å². The monoisotopic (exact) mass is 2290 g/mol. The first-order chi connectivity index (χ1) is 64.8. The van der Waals surface area contributed by atoms with Crippen LogP contribution in [0.25, 0.3) is 0 Å². The molecule has 8 aliphatic heterocycles. The van der Waals surface area contributed by atoms with Crippen molar-refractivity contribution in [2.75, 3.05) is 26.4 Å². The Morgan fingerprint density at radius 2 is 0.521 bits per heavy atom. The van der Waals surface area contributed by atoms with Crippen molar-refractivity contribution < 1.29 is 331 Å². The number of carboxylic acid groups (broad SMARTS) is 4. The molecule has 0 spiro atoms. The van der Waals surface area contributed by atoms with E-state index < -0.39 is 416 Å². The third-order valence-electron chi connectivity index (χ3n) is 20.3.